The summed E-state index contributed by atoms with van der Waals surface area (Å²) >= 11 is 2.23. The van der Waals surface area contributed by atoms with E-state index < -0.39 is 5.97 Å². The van der Waals surface area contributed by atoms with Crippen LogP contribution in [0.25, 0.3) is 5.69 Å². The molecule has 1 amide bonds. The number of benzene rings is 2. The van der Waals surface area contributed by atoms with Gasteiger partial charge in [0, 0.05) is 21.4 Å². The lowest BCUT2D eigenvalue weighted by Gasteiger charge is -2.27. The van der Waals surface area contributed by atoms with Crippen molar-refractivity contribution in [2.45, 2.75) is 27.2 Å². The van der Waals surface area contributed by atoms with E-state index in [1.54, 1.807) is 43.2 Å². The van der Waals surface area contributed by atoms with Gasteiger partial charge in [0.2, 0.25) is 0 Å². The average Bonchev–Trinajstić information content (AvgIpc) is 3.22. The lowest BCUT2D eigenvalue weighted by atomic mass is 10.0. The standard InChI is InChI=1S/C22H20IN3O4.C2H6/c1-3-30-22(28)19-18-12-13-25(15-6-4-14(23)5-7-15)21(27)20(18)26(24-19)16-8-10-17(29-2)11-9-16;1-2/h4-11H,3,12-13H2,1-2H3;1-2H3. The summed E-state index contributed by atoms with van der Waals surface area (Å²) in [7, 11) is 1.59. The van der Waals surface area contributed by atoms with Crippen molar-refractivity contribution in [3.63, 3.8) is 0 Å². The molecule has 168 valence electrons. The van der Waals surface area contributed by atoms with E-state index in [4.69, 9.17) is 9.47 Å². The topological polar surface area (TPSA) is 73.7 Å². The number of carbonyl (C=O) groups is 2. The molecule has 1 aromatic heterocycles. The molecule has 0 N–H and O–H groups in total. The Kier molecular flexibility index (Phi) is 7.89. The molecule has 1 aliphatic heterocycles. The average molecular weight is 547 g/mol. The number of aromatic nitrogens is 2. The van der Waals surface area contributed by atoms with Crippen LogP contribution in [0.1, 0.15) is 47.3 Å². The van der Waals surface area contributed by atoms with Gasteiger partial charge in [-0.25, -0.2) is 9.48 Å². The van der Waals surface area contributed by atoms with Crippen molar-refractivity contribution in [1.82, 2.24) is 9.78 Å². The zero-order chi connectivity index (χ0) is 23.3. The first kappa shape index (κ1) is 23.8. The van der Waals surface area contributed by atoms with Crippen LogP contribution in [0.2, 0.25) is 0 Å². The van der Waals surface area contributed by atoms with Gasteiger partial charge in [-0.2, -0.15) is 5.10 Å². The van der Waals surface area contributed by atoms with E-state index in [0.717, 1.165) is 9.26 Å². The molecule has 0 bridgehead atoms. The van der Waals surface area contributed by atoms with Gasteiger partial charge in [-0.3, -0.25) is 4.79 Å². The zero-order valence-corrected chi connectivity index (χ0v) is 20.8. The van der Waals surface area contributed by atoms with Gasteiger partial charge in [0.1, 0.15) is 11.4 Å². The van der Waals surface area contributed by atoms with Gasteiger partial charge < -0.3 is 14.4 Å². The Morgan fingerprint density at radius 1 is 1.06 bits per heavy atom. The fourth-order valence-corrected chi connectivity index (χ4v) is 3.86. The van der Waals surface area contributed by atoms with Gasteiger partial charge in [0.15, 0.2) is 5.69 Å². The molecule has 0 atom stereocenters. The quantitative estimate of drug-likeness (QED) is 0.336. The number of fused-ring (bicyclic) bond motifs is 1. The van der Waals surface area contributed by atoms with Crippen molar-refractivity contribution in [3.05, 3.63) is 69.1 Å². The molecule has 2 aromatic carbocycles. The predicted octanol–water partition coefficient (Wildman–Crippen LogP) is 4.89. The van der Waals surface area contributed by atoms with Gasteiger partial charge in [0.25, 0.3) is 5.91 Å². The van der Waals surface area contributed by atoms with Crippen LogP contribution in [0.4, 0.5) is 5.69 Å². The van der Waals surface area contributed by atoms with Crippen LogP contribution in [-0.4, -0.2) is 41.9 Å². The molecule has 0 saturated carbocycles. The second-order valence-corrected chi connectivity index (χ2v) is 7.93. The summed E-state index contributed by atoms with van der Waals surface area (Å²) < 4.78 is 13.0. The second-order valence-electron chi connectivity index (χ2n) is 6.69. The number of amides is 1. The second kappa shape index (κ2) is 10.6. The highest BCUT2D eigenvalue weighted by Gasteiger charge is 2.35. The Balaban J connectivity index is 0.00000141. The van der Waals surface area contributed by atoms with Crippen molar-refractivity contribution in [2.24, 2.45) is 0 Å². The summed E-state index contributed by atoms with van der Waals surface area (Å²) in [6, 6.07) is 15.0. The number of methoxy groups -OCH3 is 1. The number of esters is 1. The summed E-state index contributed by atoms with van der Waals surface area (Å²) in [4.78, 5) is 27.7. The van der Waals surface area contributed by atoms with Gasteiger partial charge in [0.05, 0.1) is 19.4 Å². The number of anilines is 1. The molecule has 0 aliphatic carbocycles. The van der Waals surface area contributed by atoms with Gasteiger partial charge >= 0.3 is 5.97 Å². The minimum Gasteiger partial charge on any atom is -0.497 e. The maximum absolute atomic E-state index is 13.5. The van der Waals surface area contributed by atoms with Crippen molar-refractivity contribution in [2.75, 3.05) is 25.2 Å². The van der Waals surface area contributed by atoms with Gasteiger partial charge in [-0.1, -0.05) is 13.8 Å². The van der Waals surface area contributed by atoms with Crippen LogP contribution in [0, 0.1) is 3.57 Å². The van der Waals surface area contributed by atoms with E-state index in [0.29, 0.717) is 35.7 Å². The van der Waals surface area contributed by atoms with Gasteiger partial charge in [-0.15, -0.1) is 0 Å². The molecule has 1 aliphatic rings. The highest BCUT2D eigenvalue weighted by atomic mass is 127. The summed E-state index contributed by atoms with van der Waals surface area (Å²) in [5.74, 6) is -0.0231. The van der Waals surface area contributed by atoms with Crippen molar-refractivity contribution < 1.29 is 19.1 Å². The third kappa shape index (κ3) is 4.64. The third-order valence-corrected chi connectivity index (χ3v) is 5.66. The molecular formula is C24H26IN3O4. The van der Waals surface area contributed by atoms with Crippen molar-refractivity contribution in [3.8, 4) is 11.4 Å². The van der Waals surface area contributed by atoms with Gasteiger partial charge in [-0.05, 0) is 84.5 Å². The molecule has 2 heterocycles. The highest BCUT2D eigenvalue weighted by Crippen LogP contribution is 2.30. The van der Waals surface area contributed by atoms with Crippen LogP contribution in [0.3, 0.4) is 0 Å². The van der Waals surface area contributed by atoms with Crippen LogP contribution >= 0.6 is 22.6 Å². The Labute approximate surface area is 201 Å². The zero-order valence-electron chi connectivity index (χ0n) is 18.6. The molecule has 7 nitrogen and oxygen atoms in total. The molecule has 0 saturated heterocycles. The van der Waals surface area contributed by atoms with Crippen molar-refractivity contribution in [1.29, 1.82) is 0 Å². The predicted molar refractivity (Wildman–Crippen MR) is 132 cm³/mol. The molecule has 3 aromatic rings. The fraction of sp³-hybridized carbons (Fsp3) is 0.292. The lowest BCUT2D eigenvalue weighted by Crippen LogP contribution is -2.39. The number of halogens is 1. The van der Waals surface area contributed by atoms with E-state index >= 15 is 0 Å². The first-order chi connectivity index (χ1) is 15.5. The third-order valence-electron chi connectivity index (χ3n) is 4.94. The maximum atomic E-state index is 13.5. The maximum Gasteiger partial charge on any atom is 0.359 e. The SMILES string of the molecule is CC.CCOC(=O)c1nn(-c2ccc(OC)cc2)c2c1CCN(c1ccc(I)cc1)C2=O. The number of hydrogen-bond donors (Lipinski definition) is 0. The number of nitrogens with zero attached hydrogens (tertiary/aromatic N) is 3. The Morgan fingerprint density at radius 3 is 2.28 bits per heavy atom. The van der Waals surface area contributed by atoms with E-state index in [2.05, 4.69) is 27.7 Å². The van der Waals surface area contributed by atoms with Crippen LogP contribution < -0.4 is 9.64 Å². The molecule has 0 fully saturated rings. The summed E-state index contributed by atoms with van der Waals surface area (Å²) in [5, 5.41) is 4.48. The smallest absolute Gasteiger partial charge is 0.359 e. The van der Waals surface area contributed by atoms with E-state index in [-0.39, 0.29) is 18.2 Å². The largest absolute Gasteiger partial charge is 0.497 e. The minimum absolute atomic E-state index is 0.193. The lowest BCUT2D eigenvalue weighted by molar-refractivity contribution is 0.0517. The Morgan fingerprint density at radius 2 is 1.69 bits per heavy atom. The summed E-state index contributed by atoms with van der Waals surface area (Å²) in [6.45, 7) is 6.45. The molecule has 0 spiro atoms. The number of rotatable bonds is 5. The fourth-order valence-electron chi connectivity index (χ4n) is 3.50. The van der Waals surface area contributed by atoms with E-state index in [9.17, 15) is 9.59 Å². The Hall–Kier alpha value is -2.88. The molecule has 0 unspecified atom stereocenters. The first-order valence-electron chi connectivity index (χ1n) is 10.5. The minimum atomic E-state index is -0.517. The van der Waals surface area contributed by atoms with E-state index in [1.807, 2.05) is 38.1 Å². The summed E-state index contributed by atoms with van der Waals surface area (Å²) in [6.07, 6.45) is 0.511. The molecule has 0 radical (unpaired) electrons. The first-order valence-corrected chi connectivity index (χ1v) is 11.6. The van der Waals surface area contributed by atoms with E-state index in [1.165, 1.54) is 4.68 Å². The van der Waals surface area contributed by atoms with Crippen LogP contribution in [0.15, 0.2) is 48.5 Å². The molecule has 8 heteroatoms. The number of carbonyl (C=O) groups excluding carboxylic acids is 2. The number of hydrogen-bond acceptors (Lipinski definition) is 5. The molecule has 4 rings (SSSR count). The summed E-state index contributed by atoms with van der Waals surface area (Å²) in [5.41, 5.74) is 2.67. The Bertz CT molecular complexity index is 1090. The number of ether oxygens (including phenoxy) is 2. The molecule has 32 heavy (non-hydrogen) atoms. The monoisotopic (exact) mass is 547 g/mol. The normalized spacial score (nSPS) is 12.5. The molecular weight excluding hydrogens is 521 g/mol. The van der Waals surface area contributed by atoms with Crippen LogP contribution in [0.5, 0.6) is 5.75 Å². The highest BCUT2D eigenvalue weighted by molar-refractivity contribution is 14.1. The van der Waals surface area contributed by atoms with Crippen LogP contribution in [-0.2, 0) is 11.2 Å². The van der Waals surface area contributed by atoms with Crippen molar-refractivity contribution >= 4 is 40.2 Å².